The van der Waals surface area contributed by atoms with Crippen molar-refractivity contribution in [2.75, 3.05) is 5.73 Å². The molecule has 0 saturated carbocycles. The molecule has 0 amide bonds. The highest BCUT2D eigenvalue weighted by Gasteiger charge is 1.98. The van der Waals surface area contributed by atoms with Crippen LogP contribution in [0.3, 0.4) is 0 Å². The number of fused-ring (bicyclic) bond motifs is 1. The van der Waals surface area contributed by atoms with Gasteiger partial charge in [-0.3, -0.25) is 0 Å². The molecule has 2 aromatic rings. The van der Waals surface area contributed by atoms with Crippen LogP contribution in [0.1, 0.15) is 0 Å². The van der Waals surface area contributed by atoms with Gasteiger partial charge in [0.05, 0.1) is 0 Å². The minimum atomic E-state index is -2.54. The lowest BCUT2D eigenvalue weighted by molar-refractivity contribution is 0.440. The summed E-state index contributed by atoms with van der Waals surface area (Å²) in [5, 5.41) is 1.83. The number of nitrogens with two attached hydrogens (primary N) is 1. The standard InChI is InChI=1S/C10H9NO3S/c11-9-3-1-8-6-10(14-15(12)13)4-2-7(8)5-9/h1-6H,11H2,(H,12,13)/p-1. The Morgan fingerprint density at radius 2 is 1.80 bits per heavy atom. The molecule has 0 aromatic heterocycles. The summed E-state index contributed by atoms with van der Waals surface area (Å²) in [6, 6.07) is 10.4. The molecule has 78 valence electrons. The molecule has 0 radical (unpaired) electrons. The Morgan fingerprint density at radius 1 is 1.13 bits per heavy atom. The summed E-state index contributed by atoms with van der Waals surface area (Å²) in [6.45, 7) is 0. The van der Waals surface area contributed by atoms with Gasteiger partial charge in [0.2, 0.25) is 0 Å². The Balaban J connectivity index is 2.47. The van der Waals surface area contributed by atoms with Crippen molar-refractivity contribution in [3.63, 3.8) is 0 Å². The topological polar surface area (TPSA) is 75.4 Å². The van der Waals surface area contributed by atoms with E-state index in [4.69, 9.17) is 5.73 Å². The molecule has 0 saturated heterocycles. The zero-order valence-electron chi connectivity index (χ0n) is 7.67. The molecule has 0 heterocycles. The molecule has 2 aromatic carbocycles. The number of rotatable bonds is 2. The highest BCUT2D eigenvalue weighted by atomic mass is 32.2. The molecule has 2 N–H and O–H groups in total. The number of anilines is 1. The molecule has 0 bridgehead atoms. The van der Waals surface area contributed by atoms with Crippen molar-refractivity contribution < 1.29 is 12.9 Å². The molecule has 0 aliphatic carbocycles. The zero-order chi connectivity index (χ0) is 10.8. The van der Waals surface area contributed by atoms with Crippen LogP contribution in [-0.4, -0.2) is 8.76 Å². The lowest BCUT2D eigenvalue weighted by atomic mass is 10.1. The molecule has 0 spiro atoms. The second-order valence-corrected chi connectivity index (χ2v) is 3.63. The molecule has 15 heavy (non-hydrogen) atoms. The van der Waals surface area contributed by atoms with E-state index >= 15 is 0 Å². The average Bonchev–Trinajstić information content (AvgIpc) is 2.17. The lowest BCUT2D eigenvalue weighted by Crippen LogP contribution is -1.97. The van der Waals surface area contributed by atoms with E-state index in [1.165, 1.54) is 0 Å². The van der Waals surface area contributed by atoms with E-state index < -0.39 is 11.4 Å². The SMILES string of the molecule is Nc1ccc2cc(OS(=O)[O-])ccc2c1. The monoisotopic (exact) mass is 222 g/mol. The van der Waals surface area contributed by atoms with Gasteiger partial charge in [-0.15, -0.1) is 0 Å². The van der Waals surface area contributed by atoms with Crippen LogP contribution in [0.15, 0.2) is 36.4 Å². The molecule has 0 fully saturated rings. The third-order valence-corrected chi connectivity index (χ3v) is 2.33. The molecule has 5 heteroatoms. The predicted molar refractivity (Wildman–Crippen MR) is 57.9 cm³/mol. The van der Waals surface area contributed by atoms with Crippen LogP contribution in [0.4, 0.5) is 5.69 Å². The summed E-state index contributed by atoms with van der Waals surface area (Å²) < 4.78 is 25.2. The minimum absolute atomic E-state index is 0.292. The normalized spacial score (nSPS) is 12.6. The largest absolute Gasteiger partial charge is 0.740 e. The van der Waals surface area contributed by atoms with Gasteiger partial charge in [-0.1, -0.05) is 12.1 Å². The van der Waals surface area contributed by atoms with E-state index in [2.05, 4.69) is 4.18 Å². The van der Waals surface area contributed by atoms with Crippen LogP contribution in [-0.2, 0) is 11.4 Å². The van der Waals surface area contributed by atoms with Gasteiger partial charge in [-0.05, 0) is 35.0 Å². The van der Waals surface area contributed by atoms with Gasteiger partial charge in [0.15, 0.2) is 0 Å². The van der Waals surface area contributed by atoms with Crippen molar-refractivity contribution in [3.8, 4) is 5.75 Å². The first kappa shape index (κ1) is 9.95. The maximum atomic E-state index is 10.3. The van der Waals surface area contributed by atoms with Crippen molar-refractivity contribution in [2.24, 2.45) is 0 Å². The Morgan fingerprint density at radius 3 is 2.53 bits per heavy atom. The van der Waals surface area contributed by atoms with Crippen molar-refractivity contribution in [1.82, 2.24) is 0 Å². The summed E-state index contributed by atoms with van der Waals surface area (Å²) in [7, 11) is 0. The fraction of sp³-hybridized carbons (Fsp3) is 0. The van der Waals surface area contributed by atoms with E-state index in [-0.39, 0.29) is 0 Å². The van der Waals surface area contributed by atoms with Gasteiger partial charge in [0.25, 0.3) is 0 Å². The fourth-order valence-electron chi connectivity index (χ4n) is 1.37. The van der Waals surface area contributed by atoms with Crippen molar-refractivity contribution in [1.29, 1.82) is 0 Å². The van der Waals surface area contributed by atoms with Crippen molar-refractivity contribution >= 4 is 27.8 Å². The van der Waals surface area contributed by atoms with E-state index in [9.17, 15) is 8.76 Å². The van der Waals surface area contributed by atoms with Crippen LogP contribution >= 0.6 is 0 Å². The summed E-state index contributed by atoms with van der Waals surface area (Å²) in [5.41, 5.74) is 6.28. The van der Waals surface area contributed by atoms with Crippen LogP contribution in [0.5, 0.6) is 5.75 Å². The Hall–Kier alpha value is -1.59. The number of nitrogen functional groups attached to an aromatic ring is 1. The second kappa shape index (κ2) is 3.88. The molecule has 0 aliphatic heterocycles. The third-order valence-electron chi connectivity index (χ3n) is 2.00. The number of hydrogen-bond acceptors (Lipinski definition) is 4. The van der Waals surface area contributed by atoms with Crippen LogP contribution in [0.2, 0.25) is 0 Å². The average molecular weight is 222 g/mol. The highest BCUT2D eigenvalue weighted by Crippen LogP contribution is 2.22. The fourth-order valence-corrected chi connectivity index (χ4v) is 1.63. The smallest absolute Gasteiger partial charge is 0.139 e. The molecule has 1 atom stereocenters. The van der Waals surface area contributed by atoms with Crippen LogP contribution < -0.4 is 9.92 Å². The van der Waals surface area contributed by atoms with Crippen molar-refractivity contribution in [3.05, 3.63) is 36.4 Å². The van der Waals surface area contributed by atoms with Gasteiger partial charge in [0.1, 0.15) is 17.1 Å². The van der Waals surface area contributed by atoms with Crippen LogP contribution in [0, 0.1) is 0 Å². The van der Waals surface area contributed by atoms with E-state index in [1.54, 1.807) is 24.3 Å². The summed E-state index contributed by atoms with van der Waals surface area (Å²) in [6.07, 6.45) is 0. The summed E-state index contributed by atoms with van der Waals surface area (Å²) in [5.74, 6) is 0.292. The Labute approximate surface area is 89.2 Å². The van der Waals surface area contributed by atoms with E-state index in [0.29, 0.717) is 11.4 Å². The van der Waals surface area contributed by atoms with Gasteiger partial charge in [-0.2, -0.15) is 0 Å². The molecule has 0 aliphatic rings. The summed E-state index contributed by atoms with van der Waals surface area (Å²) >= 11 is -2.54. The highest BCUT2D eigenvalue weighted by molar-refractivity contribution is 7.74. The molecule has 2 rings (SSSR count). The summed E-state index contributed by atoms with van der Waals surface area (Å²) in [4.78, 5) is 0. The molecule has 1 unspecified atom stereocenters. The van der Waals surface area contributed by atoms with Gasteiger partial charge in [-0.25, -0.2) is 4.21 Å². The lowest BCUT2D eigenvalue weighted by Gasteiger charge is -2.07. The molecule has 4 nitrogen and oxygen atoms in total. The van der Waals surface area contributed by atoms with E-state index in [1.807, 2.05) is 12.1 Å². The van der Waals surface area contributed by atoms with Crippen LogP contribution in [0.25, 0.3) is 10.8 Å². The number of hydrogen-bond donors (Lipinski definition) is 1. The Kier molecular flexibility index (Phi) is 2.57. The van der Waals surface area contributed by atoms with Gasteiger partial charge < -0.3 is 14.5 Å². The zero-order valence-corrected chi connectivity index (χ0v) is 8.49. The van der Waals surface area contributed by atoms with Gasteiger partial charge in [0, 0.05) is 5.69 Å². The first-order valence-corrected chi connectivity index (χ1v) is 5.22. The molecular formula is C10H8NO3S-. The first-order chi connectivity index (χ1) is 7.15. The quantitative estimate of drug-likeness (QED) is 0.618. The Bertz CT molecular complexity index is 527. The maximum absolute atomic E-state index is 10.3. The van der Waals surface area contributed by atoms with Crippen molar-refractivity contribution in [2.45, 2.75) is 0 Å². The number of benzene rings is 2. The minimum Gasteiger partial charge on any atom is -0.740 e. The second-order valence-electron chi connectivity index (χ2n) is 3.06. The third kappa shape index (κ3) is 2.26. The molecular weight excluding hydrogens is 214 g/mol. The first-order valence-electron chi connectivity index (χ1n) is 4.22. The maximum Gasteiger partial charge on any atom is 0.139 e. The van der Waals surface area contributed by atoms with E-state index in [0.717, 1.165) is 10.8 Å². The van der Waals surface area contributed by atoms with Gasteiger partial charge >= 0.3 is 0 Å². The predicted octanol–water partition coefficient (Wildman–Crippen LogP) is 1.59.